The largest absolute Gasteiger partial charge is 0.461 e. The Labute approximate surface area is 90.5 Å². The lowest BCUT2D eigenvalue weighted by Crippen LogP contribution is -2.12. The number of carbonyl (C=O) groups is 1. The molecule has 0 saturated carbocycles. The van der Waals surface area contributed by atoms with Crippen LogP contribution in [0.5, 0.6) is 0 Å². The van der Waals surface area contributed by atoms with Crippen LogP contribution in [0.2, 0.25) is 0 Å². The molecule has 0 fully saturated rings. The number of hydrogen-bond donors (Lipinski definition) is 0. The van der Waals surface area contributed by atoms with E-state index in [1.54, 1.807) is 6.92 Å². The van der Waals surface area contributed by atoms with E-state index < -0.39 is 0 Å². The smallest absolute Gasteiger partial charge is 0.357 e. The fraction of sp³-hybridized carbons (Fsp3) is 0.500. The van der Waals surface area contributed by atoms with Crippen molar-refractivity contribution in [3.63, 3.8) is 0 Å². The lowest BCUT2D eigenvalue weighted by Gasteiger charge is -2.11. The molecule has 1 heterocycles. The first kappa shape index (κ1) is 11.7. The number of pyridine rings is 1. The zero-order valence-corrected chi connectivity index (χ0v) is 9.97. The van der Waals surface area contributed by atoms with E-state index in [9.17, 15) is 4.79 Å². The summed E-state index contributed by atoms with van der Waals surface area (Å²) in [6, 6.07) is 0. The van der Waals surface area contributed by atoms with Crippen LogP contribution in [-0.4, -0.2) is 17.6 Å². The fourth-order valence-corrected chi connectivity index (χ4v) is 1.46. The Morgan fingerprint density at radius 3 is 2.27 bits per heavy atom. The summed E-state index contributed by atoms with van der Waals surface area (Å²) in [4.78, 5) is 15.9. The lowest BCUT2D eigenvalue weighted by atomic mass is 10.0. The predicted molar refractivity (Wildman–Crippen MR) is 59.1 cm³/mol. The summed E-state index contributed by atoms with van der Waals surface area (Å²) in [6.07, 6.45) is 0. The Morgan fingerprint density at radius 2 is 1.73 bits per heavy atom. The first-order valence-corrected chi connectivity index (χ1v) is 5.10. The van der Waals surface area contributed by atoms with E-state index in [0.717, 1.165) is 22.4 Å². The van der Waals surface area contributed by atoms with Crippen LogP contribution < -0.4 is 0 Å². The van der Waals surface area contributed by atoms with Gasteiger partial charge < -0.3 is 4.74 Å². The standard InChI is InChI=1S/C12H17NO2/c1-6-15-12(14)11-9(4)7(2)8(3)10(5)13-11/h6H2,1-5H3. The van der Waals surface area contributed by atoms with Crippen LogP contribution in [0.4, 0.5) is 0 Å². The van der Waals surface area contributed by atoms with Gasteiger partial charge in [-0.2, -0.15) is 0 Å². The van der Waals surface area contributed by atoms with Gasteiger partial charge in [0.15, 0.2) is 5.69 Å². The Hall–Kier alpha value is -1.38. The van der Waals surface area contributed by atoms with Gasteiger partial charge in [0.2, 0.25) is 0 Å². The van der Waals surface area contributed by atoms with Gasteiger partial charge in [-0.3, -0.25) is 0 Å². The van der Waals surface area contributed by atoms with Gasteiger partial charge in [0.25, 0.3) is 0 Å². The Kier molecular flexibility index (Phi) is 3.45. The highest BCUT2D eigenvalue weighted by Gasteiger charge is 2.16. The molecule has 0 aromatic carbocycles. The topological polar surface area (TPSA) is 39.2 Å². The van der Waals surface area contributed by atoms with E-state index in [1.165, 1.54) is 0 Å². The van der Waals surface area contributed by atoms with Crippen molar-refractivity contribution in [2.75, 3.05) is 6.61 Å². The van der Waals surface area contributed by atoms with E-state index >= 15 is 0 Å². The zero-order valence-electron chi connectivity index (χ0n) is 9.97. The first-order valence-electron chi connectivity index (χ1n) is 5.10. The zero-order chi connectivity index (χ0) is 11.6. The quantitative estimate of drug-likeness (QED) is 0.699. The van der Waals surface area contributed by atoms with Gasteiger partial charge >= 0.3 is 5.97 Å². The number of rotatable bonds is 2. The monoisotopic (exact) mass is 207 g/mol. The van der Waals surface area contributed by atoms with Crippen LogP contribution in [0.15, 0.2) is 0 Å². The second-order valence-corrected chi connectivity index (χ2v) is 3.64. The van der Waals surface area contributed by atoms with E-state index in [2.05, 4.69) is 4.98 Å². The van der Waals surface area contributed by atoms with Gasteiger partial charge in [-0.15, -0.1) is 0 Å². The van der Waals surface area contributed by atoms with Gasteiger partial charge in [0.05, 0.1) is 6.61 Å². The molecule has 0 aliphatic carbocycles. The number of esters is 1. The van der Waals surface area contributed by atoms with Gasteiger partial charge in [-0.1, -0.05) is 0 Å². The third-order valence-corrected chi connectivity index (χ3v) is 2.77. The molecule has 0 spiro atoms. The number of hydrogen-bond acceptors (Lipinski definition) is 3. The van der Waals surface area contributed by atoms with Gasteiger partial charge in [-0.25, -0.2) is 9.78 Å². The molecule has 0 amide bonds. The van der Waals surface area contributed by atoms with E-state index in [0.29, 0.717) is 12.3 Å². The average molecular weight is 207 g/mol. The summed E-state index contributed by atoms with van der Waals surface area (Å²) in [5, 5.41) is 0. The number of aryl methyl sites for hydroxylation is 1. The lowest BCUT2D eigenvalue weighted by molar-refractivity contribution is 0.0518. The predicted octanol–water partition coefficient (Wildman–Crippen LogP) is 2.49. The van der Waals surface area contributed by atoms with E-state index in [4.69, 9.17) is 4.74 Å². The molecule has 0 aliphatic heterocycles. The second-order valence-electron chi connectivity index (χ2n) is 3.64. The molecule has 0 aliphatic rings. The van der Waals surface area contributed by atoms with Crippen molar-refractivity contribution >= 4 is 5.97 Å². The van der Waals surface area contributed by atoms with Gasteiger partial charge in [-0.05, 0) is 51.3 Å². The van der Waals surface area contributed by atoms with Gasteiger partial charge in [0.1, 0.15) is 0 Å². The third-order valence-electron chi connectivity index (χ3n) is 2.77. The van der Waals surface area contributed by atoms with Crippen LogP contribution in [0.25, 0.3) is 0 Å². The maximum atomic E-state index is 11.6. The SMILES string of the molecule is CCOC(=O)c1nc(C)c(C)c(C)c1C. The van der Waals surface area contributed by atoms with Crippen molar-refractivity contribution < 1.29 is 9.53 Å². The third kappa shape index (κ3) is 2.17. The Balaban J connectivity index is 3.26. The summed E-state index contributed by atoms with van der Waals surface area (Å²) >= 11 is 0. The van der Waals surface area contributed by atoms with Crippen molar-refractivity contribution in [1.82, 2.24) is 4.98 Å². The van der Waals surface area contributed by atoms with Gasteiger partial charge in [0, 0.05) is 5.69 Å². The highest BCUT2D eigenvalue weighted by Crippen LogP contribution is 2.18. The molecule has 0 atom stereocenters. The molecular weight excluding hydrogens is 190 g/mol. The van der Waals surface area contributed by atoms with Crippen LogP contribution in [0.3, 0.4) is 0 Å². The average Bonchev–Trinajstić information content (AvgIpc) is 2.20. The van der Waals surface area contributed by atoms with E-state index in [-0.39, 0.29) is 5.97 Å². The molecule has 1 aromatic rings. The number of nitrogens with zero attached hydrogens (tertiary/aromatic N) is 1. The highest BCUT2D eigenvalue weighted by molar-refractivity contribution is 5.89. The molecule has 1 aromatic heterocycles. The summed E-state index contributed by atoms with van der Waals surface area (Å²) in [5.74, 6) is -0.332. The number of carbonyl (C=O) groups excluding carboxylic acids is 1. The molecule has 82 valence electrons. The molecule has 0 radical (unpaired) electrons. The molecule has 15 heavy (non-hydrogen) atoms. The maximum absolute atomic E-state index is 11.6. The minimum absolute atomic E-state index is 0.332. The Bertz CT molecular complexity index is 397. The van der Waals surface area contributed by atoms with Crippen molar-refractivity contribution in [2.24, 2.45) is 0 Å². The Morgan fingerprint density at radius 1 is 1.13 bits per heavy atom. The van der Waals surface area contributed by atoms with E-state index in [1.807, 2.05) is 27.7 Å². The molecule has 0 unspecified atom stereocenters. The second kappa shape index (κ2) is 4.43. The number of ether oxygens (including phenoxy) is 1. The minimum Gasteiger partial charge on any atom is -0.461 e. The molecular formula is C12H17NO2. The number of aromatic nitrogens is 1. The summed E-state index contributed by atoms with van der Waals surface area (Å²) in [7, 11) is 0. The summed E-state index contributed by atoms with van der Waals surface area (Å²) < 4.78 is 4.96. The molecule has 1 rings (SSSR count). The highest BCUT2D eigenvalue weighted by atomic mass is 16.5. The molecule has 0 bridgehead atoms. The summed E-state index contributed by atoms with van der Waals surface area (Å²) in [5.41, 5.74) is 4.50. The van der Waals surface area contributed by atoms with Crippen LogP contribution in [-0.2, 0) is 4.74 Å². The van der Waals surface area contributed by atoms with Crippen LogP contribution in [0, 0.1) is 27.7 Å². The molecule has 3 nitrogen and oxygen atoms in total. The molecule has 0 N–H and O–H groups in total. The van der Waals surface area contributed by atoms with Crippen LogP contribution >= 0.6 is 0 Å². The fourth-order valence-electron chi connectivity index (χ4n) is 1.46. The minimum atomic E-state index is -0.332. The summed E-state index contributed by atoms with van der Waals surface area (Å²) in [6.45, 7) is 10.0. The van der Waals surface area contributed by atoms with Crippen molar-refractivity contribution in [2.45, 2.75) is 34.6 Å². The normalized spacial score (nSPS) is 10.2. The van der Waals surface area contributed by atoms with Crippen molar-refractivity contribution in [3.8, 4) is 0 Å². The van der Waals surface area contributed by atoms with Crippen molar-refractivity contribution in [1.29, 1.82) is 0 Å². The maximum Gasteiger partial charge on any atom is 0.357 e. The van der Waals surface area contributed by atoms with Crippen LogP contribution in [0.1, 0.15) is 39.8 Å². The molecule has 3 heteroatoms. The molecule has 0 saturated heterocycles. The first-order chi connectivity index (χ1) is 6.99. The van der Waals surface area contributed by atoms with Crippen molar-refractivity contribution in [3.05, 3.63) is 28.1 Å².